The fourth-order valence-corrected chi connectivity index (χ4v) is 3.30. The van der Waals surface area contributed by atoms with Gasteiger partial charge in [-0.3, -0.25) is 9.59 Å². The minimum absolute atomic E-state index is 0.173. The maximum atomic E-state index is 12.7. The molecule has 4 nitrogen and oxygen atoms in total. The second-order valence-corrected chi connectivity index (χ2v) is 6.45. The molecule has 0 radical (unpaired) electrons. The molecule has 0 fully saturated rings. The van der Waals surface area contributed by atoms with Gasteiger partial charge in [0.15, 0.2) is 5.60 Å². The van der Waals surface area contributed by atoms with Crippen molar-refractivity contribution < 1.29 is 14.7 Å². The molecule has 1 aliphatic heterocycles. The van der Waals surface area contributed by atoms with Gasteiger partial charge in [0.1, 0.15) is 5.78 Å². The van der Waals surface area contributed by atoms with E-state index in [1.54, 1.807) is 4.90 Å². The summed E-state index contributed by atoms with van der Waals surface area (Å²) in [5.74, 6) is -0.578. The molecule has 1 aromatic rings. The molecule has 1 heterocycles. The number of ketones is 1. The van der Waals surface area contributed by atoms with Crippen LogP contribution in [-0.4, -0.2) is 28.7 Å². The SMILES string of the molecule is CC(=O)CC1(O)C(=O)N(CCCBr)c2c(C)ccc(C)c21. The Morgan fingerprint density at radius 3 is 2.52 bits per heavy atom. The topological polar surface area (TPSA) is 57.6 Å². The summed E-state index contributed by atoms with van der Waals surface area (Å²) in [6, 6.07) is 3.84. The van der Waals surface area contributed by atoms with Crippen molar-refractivity contribution >= 4 is 33.3 Å². The Morgan fingerprint density at radius 2 is 1.95 bits per heavy atom. The summed E-state index contributed by atoms with van der Waals surface area (Å²) >= 11 is 3.36. The summed E-state index contributed by atoms with van der Waals surface area (Å²) in [4.78, 5) is 25.9. The normalized spacial score (nSPS) is 20.8. The Kier molecular flexibility index (Phi) is 4.54. The molecule has 0 aliphatic carbocycles. The fraction of sp³-hybridized carbons (Fsp3) is 0.500. The lowest BCUT2D eigenvalue weighted by Gasteiger charge is -2.22. The van der Waals surface area contributed by atoms with Gasteiger partial charge < -0.3 is 10.0 Å². The van der Waals surface area contributed by atoms with Crippen LogP contribution in [0.4, 0.5) is 5.69 Å². The largest absolute Gasteiger partial charge is 0.375 e. The third-order valence-electron chi connectivity index (χ3n) is 3.89. The van der Waals surface area contributed by atoms with E-state index < -0.39 is 5.60 Å². The van der Waals surface area contributed by atoms with E-state index in [1.807, 2.05) is 26.0 Å². The van der Waals surface area contributed by atoms with Crippen molar-refractivity contribution in [2.24, 2.45) is 0 Å². The molecule has 0 aromatic heterocycles. The molecule has 21 heavy (non-hydrogen) atoms. The van der Waals surface area contributed by atoms with Crippen LogP contribution in [0.1, 0.15) is 36.5 Å². The summed E-state index contributed by atoms with van der Waals surface area (Å²) in [7, 11) is 0. The molecule has 114 valence electrons. The molecule has 0 spiro atoms. The van der Waals surface area contributed by atoms with E-state index in [0.29, 0.717) is 12.1 Å². The van der Waals surface area contributed by atoms with Gasteiger partial charge in [0, 0.05) is 23.9 Å². The highest BCUT2D eigenvalue weighted by Crippen LogP contribution is 2.46. The molecule has 0 saturated carbocycles. The quantitative estimate of drug-likeness (QED) is 0.827. The van der Waals surface area contributed by atoms with Crippen LogP contribution in [0.15, 0.2) is 12.1 Å². The third kappa shape index (κ3) is 2.64. The number of hydrogen-bond acceptors (Lipinski definition) is 3. The molecule has 1 amide bonds. The molecule has 1 aliphatic rings. The molecular formula is C16H20BrNO3. The number of alkyl halides is 1. The van der Waals surface area contributed by atoms with Crippen LogP contribution in [0, 0.1) is 13.8 Å². The van der Waals surface area contributed by atoms with E-state index in [2.05, 4.69) is 15.9 Å². The van der Waals surface area contributed by atoms with Crippen LogP contribution in [-0.2, 0) is 15.2 Å². The number of nitrogens with zero attached hydrogens (tertiary/aromatic N) is 1. The maximum Gasteiger partial charge on any atom is 0.264 e. The van der Waals surface area contributed by atoms with E-state index in [9.17, 15) is 14.7 Å². The zero-order valence-corrected chi connectivity index (χ0v) is 14.2. The number of carbonyl (C=O) groups is 2. The number of Topliss-reactive ketones (excluding diaryl/α,β-unsaturated/α-hetero) is 1. The van der Waals surface area contributed by atoms with Gasteiger partial charge in [-0.2, -0.15) is 0 Å². The number of halogens is 1. The van der Waals surface area contributed by atoms with Crippen LogP contribution in [0.25, 0.3) is 0 Å². The second-order valence-electron chi connectivity index (χ2n) is 5.66. The standard InChI is InChI=1S/C16H20BrNO3/c1-10-5-6-11(2)14-13(10)16(21,9-12(3)19)15(20)18(14)8-4-7-17/h5-6,21H,4,7-9H2,1-3H3. The lowest BCUT2D eigenvalue weighted by atomic mass is 9.86. The monoisotopic (exact) mass is 353 g/mol. The van der Waals surface area contributed by atoms with Gasteiger partial charge in [-0.15, -0.1) is 0 Å². The first-order valence-electron chi connectivity index (χ1n) is 7.03. The number of fused-ring (bicyclic) bond motifs is 1. The lowest BCUT2D eigenvalue weighted by molar-refractivity contribution is -0.141. The molecular weight excluding hydrogens is 334 g/mol. The van der Waals surface area contributed by atoms with E-state index >= 15 is 0 Å². The summed E-state index contributed by atoms with van der Waals surface area (Å²) in [5.41, 5.74) is 1.43. The average molecular weight is 354 g/mol. The van der Waals surface area contributed by atoms with Crippen molar-refractivity contribution in [1.29, 1.82) is 0 Å². The van der Waals surface area contributed by atoms with Crippen LogP contribution in [0.3, 0.4) is 0 Å². The van der Waals surface area contributed by atoms with Crippen LogP contribution >= 0.6 is 15.9 Å². The van der Waals surface area contributed by atoms with Gasteiger partial charge in [-0.25, -0.2) is 0 Å². The first kappa shape index (κ1) is 16.2. The Balaban J connectivity index is 2.61. The molecule has 1 atom stereocenters. The van der Waals surface area contributed by atoms with E-state index in [1.165, 1.54) is 6.92 Å². The summed E-state index contributed by atoms with van der Waals surface area (Å²) in [6.45, 7) is 5.72. The molecule has 1 N–H and O–H groups in total. The second kappa shape index (κ2) is 5.89. The van der Waals surface area contributed by atoms with Gasteiger partial charge in [0.25, 0.3) is 5.91 Å². The number of anilines is 1. The Hall–Kier alpha value is -1.20. The number of amides is 1. The Labute approximate surface area is 133 Å². The van der Waals surface area contributed by atoms with Crippen molar-refractivity contribution in [1.82, 2.24) is 0 Å². The molecule has 1 unspecified atom stereocenters. The van der Waals surface area contributed by atoms with E-state index in [-0.39, 0.29) is 18.1 Å². The van der Waals surface area contributed by atoms with Crippen molar-refractivity contribution in [3.63, 3.8) is 0 Å². The minimum atomic E-state index is -1.72. The summed E-state index contributed by atoms with van der Waals surface area (Å²) in [5, 5.41) is 11.7. The maximum absolute atomic E-state index is 12.7. The number of aliphatic hydroxyl groups is 1. The summed E-state index contributed by atoms with van der Waals surface area (Å²) in [6.07, 6.45) is 0.614. The molecule has 0 bridgehead atoms. The zero-order valence-electron chi connectivity index (χ0n) is 12.6. The van der Waals surface area contributed by atoms with Crippen LogP contribution < -0.4 is 4.90 Å². The van der Waals surface area contributed by atoms with Gasteiger partial charge in [-0.1, -0.05) is 28.1 Å². The fourth-order valence-electron chi connectivity index (χ4n) is 3.05. The van der Waals surface area contributed by atoms with Crippen molar-refractivity contribution in [3.05, 3.63) is 28.8 Å². The molecule has 2 rings (SSSR count). The third-order valence-corrected chi connectivity index (χ3v) is 4.45. The van der Waals surface area contributed by atoms with Crippen molar-refractivity contribution in [2.75, 3.05) is 16.8 Å². The zero-order chi connectivity index (χ0) is 15.8. The number of benzene rings is 1. The van der Waals surface area contributed by atoms with Gasteiger partial charge in [-0.05, 0) is 38.3 Å². The minimum Gasteiger partial charge on any atom is -0.375 e. The number of rotatable bonds is 5. The van der Waals surface area contributed by atoms with Crippen LogP contribution in [0.2, 0.25) is 0 Å². The number of aryl methyl sites for hydroxylation is 2. The van der Waals surface area contributed by atoms with Crippen LogP contribution in [0.5, 0.6) is 0 Å². The predicted octanol–water partition coefficient (Wildman–Crippen LogP) is 2.60. The number of carbonyl (C=O) groups excluding carboxylic acids is 2. The Morgan fingerprint density at radius 1 is 1.33 bits per heavy atom. The van der Waals surface area contributed by atoms with Crippen molar-refractivity contribution in [3.8, 4) is 0 Å². The Bertz CT molecular complexity index is 599. The van der Waals surface area contributed by atoms with Gasteiger partial charge in [0.2, 0.25) is 0 Å². The molecule has 1 aromatic carbocycles. The highest BCUT2D eigenvalue weighted by molar-refractivity contribution is 9.09. The lowest BCUT2D eigenvalue weighted by Crippen LogP contribution is -2.42. The average Bonchev–Trinajstić information content (AvgIpc) is 2.62. The highest BCUT2D eigenvalue weighted by atomic mass is 79.9. The first-order chi connectivity index (χ1) is 9.82. The molecule has 0 saturated heterocycles. The van der Waals surface area contributed by atoms with E-state index in [4.69, 9.17) is 0 Å². The van der Waals surface area contributed by atoms with Crippen molar-refractivity contribution in [2.45, 2.75) is 39.2 Å². The molecule has 5 heteroatoms. The van der Waals surface area contributed by atoms with E-state index in [0.717, 1.165) is 28.6 Å². The predicted molar refractivity (Wildman–Crippen MR) is 85.9 cm³/mol. The van der Waals surface area contributed by atoms with Gasteiger partial charge >= 0.3 is 0 Å². The highest BCUT2D eigenvalue weighted by Gasteiger charge is 2.51. The van der Waals surface area contributed by atoms with Gasteiger partial charge in [0.05, 0.1) is 5.69 Å². The smallest absolute Gasteiger partial charge is 0.264 e. The summed E-state index contributed by atoms with van der Waals surface area (Å²) < 4.78 is 0. The number of hydrogen-bond donors (Lipinski definition) is 1. The first-order valence-corrected chi connectivity index (χ1v) is 8.15.